The van der Waals surface area contributed by atoms with Crippen LogP contribution < -0.4 is 0 Å². The Morgan fingerprint density at radius 1 is 0.417 bits per heavy atom. The molecule has 0 aliphatic heterocycles. The maximum atomic E-state index is 8.67. The molecule has 0 heterocycles. The van der Waals surface area contributed by atoms with Gasteiger partial charge >= 0.3 is 34.7 Å². The molecule has 0 aromatic carbocycles. The smallest absolute Gasteiger partial charge is 0.759 e. The largest absolute Gasteiger partial charge is 3.00 e. The quantitative estimate of drug-likeness (QED) is 0.112. The average molecular weight is 613 g/mol. The molecule has 0 aromatic rings. The molecule has 0 saturated heterocycles. The number of hydrogen-bond acceptors (Lipinski definition) is 13. The van der Waals surface area contributed by atoms with E-state index < -0.39 is 31.2 Å². The van der Waals surface area contributed by atoms with Crippen molar-refractivity contribution in [2.24, 2.45) is 0 Å². The third-order valence-corrected chi connectivity index (χ3v) is 4.01. The van der Waals surface area contributed by atoms with Gasteiger partial charge in [0.25, 0.3) is 0 Å². The SMILES string of the molecule is CCCCCCCCCCCCCCCCCCO.O=S(=O)([O-])[O-].O=S(=O)([O-])[O-].O=S(=O)([O-])[O-].[Al+3].[Al+3]. The first-order valence-corrected chi connectivity index (χ1v) is 15.0. The van der Waals surface area contributed by atoms with Gasteiger partial charge in [-0.25, -0.2) is 0 Å². The van der Waals surface area contributed by atoms with E-state index in [4.69, 9.17) is 57.7 Å². The summed E-state index contributed by atoms with van der Waals surface area (Å²) in [5, 5.41) is 8.67. The summed E-state index contributed by atoms with van der Waals surface area (Å²) in [4.78, 5) is 0. The van der Waals surface area contributed by atoms with Crippen molar-refractivity contribution in [2.45, 2.75) is 110 Å². The van der Waals surface area contributed by atoms with E-state index in [-0.39, 0.29) is 34.7 Å². The summed E-state index contributed by atoms with van der Waals surface area (Å²) in [6.45, 7) is 2.66. The fourth-order valence-corrected chi connectivity index (χ4v) is 2.66. The van der Waals surface area contributed by atoms with Gasteiger partial charge in [0.2, 0.25) is 0 Å². The van der Waals surface area contributed by atoms with Gasteiger partial charge in [0, 0.05) is 37.8 Å². The van der Waals surface area contributed by atoms with Gasteiger partial charge in [-0.15, -0.1) is 0 Å². The van der Waals surface area contributed by atoms with Crippen LogP contribution >= 0.6 is 0 Å². The topological polar surface area (TPSA) is 261 Å². The van der Waals surface area contributed by atoms with E-state index in [1.165, 1.54) is 96.3 Å². The Hall–Kier alpha value is 0.635. The standard InChI is InChI=1S/C18H38O.2Al.3H2O4S/c1-2-3-4-5-6-7-8-9-10-11-12-13-14-15-16-17-18-19;;;3*1-5(2,3)4/h19H,2-18H2,1H3;;;3*(H2,1,2,3,4)/q;2*+3;;;/p-6. The summed E-state index contributed by atoms with van der Waals surface area (Å²) >= 11 is 0. The molecule has 0 aliphatic carbocycles. The molecule has 0 amide bonds. The second kappa shape index (κ2) is 33.7. The Morgan fingerprint density at radius 3 is 0.694 bits per heavy atom. The van der Waals surface area contributed by atoms with E-state index in [0.717, 1.165) is 6.42 Å². The molecule has 0 saturated carbocycles. The molecule has 0 rings (SSSR count). The van der Waals surface area contributed by atoms with Crippen LogP contribution in [0, 0.1) is 0 Å². The minimum absolute atomic E-state index is 0. The summed E-state index contributed by atoms with van der Waals surface area (Å²) in [5.41, 5.74) is 0. The predicted octanol–water partition coefficient (Wildman–Crippen LogP) is 1.46. The van der Waals surface area contributed by atoms with Gasteiger partial charge in [-0.05, 0) is 6.42 Å². The van der Waals surface area contributed by atoms with Crippen molar-refractivity contribution in [1.82, 2.24) is 0 Å². The van der Waals surface area contributed by atoms with Crippen LogP contribution in [0.25, 0.3) is 0 Å². The van der Waals surface area contributed by atoms with Crippen LogP contribution in [0.15, 0.2) is 0 Å². The van der Waals surface area contributed by atoms with Crippen LogP contribution in [0.1, 0.15) is 110 Å². The number of hydrogen-bond donors (Lipinski definition) is 1. The van der Waals surface area contributed by atoms with Crippen molar-refractivity contribution in [1.29, 1.82) is 0 Å². The number of unbranched alkanes of at least 4 members (excludes halogenated alkanes) is 15. The number of rotatable bonds is 16. The average Bonchev–Trinajstić information content (AvgIpc) is 2.61. The van der Waals surface area contributed by atoms with Crippen LogP contribution in [0.4, 0.5) is 0 Å². The van der Waals surface area contributed by atoms with Gasteiger partial charge in [0.1, 0.15) is 0 Å². The van der Waals surface area contributed by atoms with E-state index in [9.17, 15) is 0 Å². The first-order valence-electron chi connectivity index (χ1n) is 11.0. The molecule has 18 heteroatoms. The Bertz CT molecular complexity index is 605. The first-order chi connectivity index (χ1) is 15.4. The Balaban J connectivity index is -0.000000108. The van der Waals surface area contributed by atoms with Crippen molar-refractivity contribution in [3.05, 3.63) is 0 Å². The second-order valence-electron chi connectivity index (χ2n) is 7.25. The van der Waals surface area contributed by atoms with Gasteiger partial charge in [-0.3, -0.25) is 25.3 Å². The van der Waals surface area contributed by atoms with Crippen molar-refractivity contribution in [3.8, 4) is 0 Å². The summed E-state index contributed by atoms with van der Waals surface area (Å²) < 4.78 is 102. The van der Waals surface area contributed by atoms with Gasteiger partial charge in [0.05, 0.1) is 0 Å². The molecule has 212 valence electrons. The molecular weight excluding hydrogens is 574 g/mol. The van der Waals surface area contributed by atoms with Crippen LogP contribution in [-0.4, -0.2) is 99.0 Å². The molecule has 0 bridgehead atoms. The zero-order valence-electron chi connectivity index (χ0n) is 20.7. The predicted molar refractivity (Wildman–Crippen MR) is 130 cm³/mol. The van der Waals surface area contributed by atoms with Gasteiger partial charge in [-0.1, -0.05) is 103 Å². The molecular formula is C18H38Al2O13S3. The molecule has 0 fully saturated rings. The monoisotopic (exact) mass is 612 g/mol. The normalized spacial score (nSPS) is 10.7. The van der Waals surface area contributed by atoms with Gasteiger partial charge in [-0.2, -0.15) is 0 Å². The van der Waals surface area contributed by atoms with Crippen molar-refractivity contribution in [3.63, 3.8) is 0 Å². The molecule has 0 atom stereocenters. The van der Waals surface area contributed by atoms with Crippen LogP contribution in [0.3, 0.4) is 0 Å². The van der Waals surface area contributed by atoms with E-state index >= 15 is 0 Å². The maximum Gasteiger partial charge on any atom is 3.00 e. The minimum atomic E-state index is -5.17. The van der Waals surface area contributed by atoms with E-state index in [1.54, 1.807) is 0 Å². The third-order valence-electron chi connectivity index (χ3n) is 4.01. The molecule has 1 N–H and O–H groups in total. The van der Waals surface area contributed by atoms with Crippen LogP contribution in [0.5, 0.6) is 0 Å². The maximum absolute atomic E-state index is 8.67. The molecule has 0 unspecified atom stereocenters. The zero-order chi connectivity index (χ0) is 27.5. The molecule has 0 spiro atoms. The summed E-state index contributed by atoms with van der Waals surface area (Å²) in [5.74, 6) is 0. The van der Waals surface area contributed by atoms with Crippen molar-refractivity contribution < 1.29 is 57.7 Å². The Morgan fingerprint density at radius 2 is 0.556 bits per heavy atom. The fourth-order valence-electron chi connectivity index (χ4n) is 2.66. The number of aliphatic hydroxyl groups is 1. The molecule has 0 radical (unpaired) electrons. The van der Waals surface area contributed by atoms with E-state index in [0.29, 0.717) is 6.61 Å². The fraction of sp³-hybridized carbons (Fsp3) is 1.00. The zero-order valence-corrected chi connectivity index (χ0v) is 25.5. The molecule has 36 heavy (non-hydrogen) atoms. The van der Waals surface area contributed by atoms with Crippen molar-refractivity contribution >= 4 is 65.9 Å². The van der Waals surface area contributed by atoms with Gasteiger partial charge < -0.3 is 32.4 Å². The molecule has 0 aliphatic rings. The summed E-state index contributed by atoms with van der Waals surface area (Å²) in [7, 11) is -15.5. The van der Waals surface area contributed by atoms with Crippen LogP contribution in [0.2, 0.25) is 0 Å². The first kappa shape index (κ1) is 49.6. The van der Waals surface area contributed by atoms with E-state index in [2.05, 4.69) is 6.92 Å². The second-order valence-corrected chi connectivity index (χ2v) is 9.70. The molecule has 0 aromatic heterocycles. The molecule has 13 nitrogen and oxygen atoms in total. The summed E-state index contributed by atoms with van der Waals surface area (Å²) in [6.07, 6.45) is 22.2. The summed E-state index contributed by atoms with van der Waals surface area (Å²) in [6, 6.07) is 0. The minimum Gasteiger partial charge on any atom is -0.759 e. The number of aliphatic hydroxyl groups excluding tert-OH is 1. The third kappa shape index (κ3) is 142. The van der Waals surface area contributed by atoms with E-state index in [1.807, 2.05) is 0 Å². The van der Waals surface area contributed by atoms with Crippen molar-refractivity contribution in [2.75, 3.05) is 6.61 Å². The Kier molecular flexibility index (Phi) is 46.4. The van der Waals surface area contributed by atoms with Crippen LogP contribution in [-0.2, 0) is 31.2 Å². The Labute approximate surface area is 238 Å². The van der Waals surface area contributed by atoms with Gasteiger partial charge in [0.15, 0.2) is 0 Å².